The number of nitrogens with zero attached hydrogens (tertiary/aromatic N) is 2. The molecule has 34 heavy (non-hydrogen) atoms. The largest absolute Gasteiger partial charge is 0.427 e. The van der Waals surface area contributed by atoms with Gasteiger partial charge in [0.1, 0.15) is 11.3 Å². The van der Waals surface area contributed by atoms with Gasteiger partial charge in [-0.15, -0.1) is 0 Å². The maximum atomic E-state index is 13.3. The molecule has 1 N–H and O–H groups in total. The van der Waals surface area contributed by atoms with Gasteiger partial charge in [0.2, 0.25) is 0 Å². The van der Waals surface area contributed by atoms with E-state index < -0.39 is 11.8 Å². The van der Waals surface area contributed by atoms with Crippen LogP contribution in [0.15, 0.2) is 64.6 Å². The van der Waals surface area contributed by atoms with E-state index in [1.54, 1.807) is 42.5 Å². The molecule has 0 bridgehead atoms. The molecule has 1 aliphatic heterocycles. The summed E-state index contributed by atoms with van der Waals surface area (Å²) in [6.07, 6.45) is 1.58. The van der Waals surface area contributed by atoms with E-state index in [0.29, 0.717) is 11.4 Å². The molecule has 1 aromatic heterocycles. The Morgan fingerprint density at radius 1 is 1.03 bits per heavy atom. The van der Waals surface area contributed by atoms with Crippen LogP contribution in [0.25, 0.3) is 11.8 Å². The third-order valence-electron chi connectivity index (χ3n) is 5.31. The summed E-state index contributed by atoms with van der Waals surface area (Å²) < 4.78 is 7.95. The van der Waals surface area contributed by atoms with E-state index in [0.717, 1.165) is 27.1 Å². The molecule has 0 unspecified atom stereocenters. The highest BCUT2D eigenvalue weighted by molar-refractivity contribution is 9.10. The molecule has 1 saturated heterocycles. The summed E-state index contributed by atoms with van der Waals surface area (Å²) in [7, 11) is 0. The number of nitrogens with one attached hydrogen (secondary N) is 1. The number of esters is 1. The number of carbonyl (C=O) groups is 3. The molecule has 1 aliphatic rings. The van der Waals surface area contributed by atoms with E-state index >= 15 is 0 Å². The van der Waals surface area contributed by atoms with Crippen LogP contribution in [0.2, 0.25) is 0 Å². The minimum absolute atomic E-state index is 0.0121. The molecular weight excluding hydrogens is 518 g/mol. The van der Waals surface area contributed by atoms with Gasteiger partial charge in [-0.05, 0) is 92.3 Å². The molecule has 0 atom stereocenters. The van der Waals surface area contributed by atoms with E-state index in [2.05, 4.69) is 21.2 Å². The lowest BCUT2D eigenvalue weighted by Gasteiger charge is -2.29. The van der Waals surface area contributed by atoms with Crippen LogP contribution in [-0.4, -0.2) is 27.5 Å². The second-order valence-corrected chi connectivity index (χ2v) is 8.99. The Balaban J connectivity index is 1.70. The number of hydrogen-bond acceptors (Lipinski definition) is 5. The van der Waals surface area contributed by atoms with Crippen LogP contribution >= 0.6 is 28.1 Å². The molecule has 0 radical (unpaired) electrons. The quantitative estimate of drug-likeness (QED) is 0.173. The number of aromatic nitrogens is 1. The number of anilines is 1. The van der Waals surface area contributed by atoms with Crippen molar-refractivity contribution in [2.75, 3.05) is 4.90 Å². The van der Waals surface area contributed by atoms with Crippen molar-refractivity contribution in [3.8, 4) is 11.4 Å². The third kappa shape index (κ3) is 4.57. The molecule has 4 rings (SSSR count). The van der Waals surface area contributed by atoms with Crippen molar-refractivity contribution in [3.05, 3.63) is 81.6 Å². The van der Waals surface area contributed by atoms with Crippen LogP contribution in [-0.2, 0) is 14.4 Å². The fourth-order valence-corrected chi connectivity index (χ4v) is 4.34. The normalized spacial score (nSPS) is 15.0. The number of amides is 2. The van der Waals surface area contributed by atoms with Crippen LogP contribution in [0, 0.1) is 13.8 Å². The summed E-state index contributed by atoms with van der Waals surface area (Å²) in [4.78, 5) is 38.4. The number of thiocarbonyl (C=S) groups is 1. The first-order valence-corrected chi connectivity index (χ1v) is 11.5. The molecule has 0 aliphatic carbocycles. The Morgan fingerprint density at radius 3 is 2.26 bits per heavy atom. The second kappa shape index (κ2) is 9.36. The van der Waals surface area contributed by atoms with Gasteiger partial charge in [0, 0.05) is 28.5 Å². The van der Waals surface area contributed by atoms with Crippen LogP contribution in [0.1, 0.15) is 23.9 Å². The highest BCUT2D eigenvalue weighted by Crippen LogP contribution is 2.27. The van der Waals surface area contributed by atoms with Gasteiger partial charge in [-0.2, -0.15) is 0 Å². The molecule has 0 saturated carbocycles. The van der Waals surface area contributed by atoms with Crippen molar-refractivity contribution in [1.29, 1.82) is 0 Å². The van der Waals surface area contributed by atoms with Gasteiger partial charge < -0.3 is 9.30 Å². The number of carbonyl (C=O) groups excluding carboxylic acids is 3. The fourth-order valence-electron chi connectivity index (χ4n) is 3.80. The minimum Gasteiger partial charge on any atom is -0.427 e. The predicted octanol–water partition coefficient (Wildman–Crippen LogP) is 4.61. The Morgan fingerprint density at radius 2 is 1.65 bits per heavy atom. The maximum absolute atomic E-state index is 13.3. The second-order valence-electron chi connectivity index (χ2n) is 7.68. The van der Waals surface area contributed by atoms with Gasteiger partial charge in [-0.1, -0.05) is 15.9 Å². The Kier molecular flexibility index (Phi) is 6.49. The lowest BCUT2D eigenvalue weighted by atomic mass is 10.1. The van der Waals surface area contributed by atoms with E-state index in [4.69, 9.17) is 17.0 Å². The number of ether oxygens (including phenoxy) is 1. The number of halogens is 1. The van der Waals surface area contributed by atoms with Crippen molar-refractivity contribution < 1.29 is 19.1 Å². The smallest absolute Gasteiger partial charge is 0.308 e. The molecule has 3 aromatic rings. The molecule has 0 spiro atoms. The summed E-state index contributed by atoms with van der Waals surface area (Å²) >= 11 is 8.64. The summed E-state index contributed by atoms with van der Waals surface area (Å²) in [5.41, 5.74) is 3.88. The zero-order valence-electron chi connectivity index (χ0n) is 18.6. The fraction of sp³-hybridized carbons (Fsp3) is 0.120. The number of hydrogen-bond donors (Lipinski definition) is 1. The Hall–Kier alpha value is -3.56. The summed E-state index contributed by atoms with van der Waals surface area (Å²) in [5.74, 6) is -0.970. The first-order valence-electron chi connectivity index (χ1n) is 10.3. The molecule has 2 amide bonds. The average Bonchev–Trinajstić information content (AvgIpc) is 3.05. The van der Waals surface area contributed by atoms with Gasteiger partial charge in [-0.25, -0.2) is 0 Å². The topological polar surface area (TPSA) is 80.6 Å². The van der Waals surface area contributed by atoms with Gasteiger partial charge in [0.05, 0.1) is 5.69 Å². The number of benzene rings is 2. The predicted molar refractivity (Wildman–Crippen MR) is 137 cm³/mol. The number of aryl methyl sites for hydroxylation is 1. The average molecular weight is 538 g/mol. The molecule has 1 fully saturated rings. The van der Waals surface area contributed by atoms with Crippen LogP contribution in [0.3, 0.4) is 0 Å². The van der Waals surface area contributed by atoms with Crippen molar-refractivity contribution in [1.82, 2.24) is 9.88 Å². The highest BCUT2D eigenvalue weighted by atomic mass is 79.9. The van der Waals surface area contributed by atoms with Gasteiger partial charge in [-0.3, -0.25) is 24.6 Å². The first kappa shape index (κ1) is 23.6. The van der Waals surface area contributed by atoms with E-state index in [9.17, 15) is 14.4 Å². The Labute approximate surface area is 210 Å². The van der Waals surface area contributed by atoms with E-state index in [1.807, 2.05) is 36.6 Å². The molecule has 2 heterocycles. The van der Waals surface area contributed by atoms with Gasteiger partial charge in [0.25, 0.3) is 11.8 Å². The Bertz CT molecular complexity index is 1360. The zero-order valence-corrected chi connectivity index (χ0v) is 21.0. The lowest BCUT2D eigenvalue weighted by Crippen LogP contribution is -2.54. The summed E-state index contributed by atoms with van der Waals surface area (Å²) in [5, 5.41) is 2.64. The van der Waals surface area contributed by atoms with Crippen molar-refractivity contribution in [2.24, 2.45) is 0 Å². The third-order valence-corrected chi connectivity index (χ3v) is 6.13. The zero-order chi connectivity index (χ0) is 24.6. The minimum atomic E-state index is -0.543. The molecule has 2 aromatic carbocycles. The number of rotatable bonds is 4. The lowest BCUT2D eigenvalue weighted by molar-refractivity contribution is -0.132. The summed E-state index contributed by atoms with van der Waals surface area (Å²) in [6.45, 7) is 5.18. The van der Waals surface area contributed by atoms with Gasteiger partial charge >= 0.3 is 5.97 Å². The SMILES string of the molecule is CC(=O)Oc1ccc(-n2c(C)cc(/C=C3\C(=O)NC(=S)N(c4ccc(Br)cc4)C3=O)c2C)cc1. The molecule has 7 nitrogen and oxygen atoms in total. The van der Waals surface area contributed by atoms with E-state index in [1.165, 1.54) is 11.8 Å². The monoisotopic (exact) mass is 537 g/mol. The molecule has 9 heteroatoms. The standard InChI is InChI=1S/C25H20BrN3O4S/c1-14-12-17(15(2)28(14)19-8-10-21(11-9-19)33-16(3)30)13-22-23(31)27-25(34)29(24(22)32)20-6-4-18(26)5-7-20/h4-13H,1-3H3,(H,27,31,34)/b22-13+. The maximum Gasteiger partial charge on any atom is 0.308 e. The summed E-state index contributed by atoms with van der Waals surface area (Å²) in [6, 6.07) is 16.1. The van der Waals surface area contributed by atoms with E-state index in [-0.39, 0.29) is 16.7 Å². The molecule has 172 valence electrons. The molecular formula is C25H20BrN3O4S. The van der Waals surface area contributed by atoms with Crippen molar-refractivity contribution in [3.63, 3.8) is 0 Å². The van der Waals surface area contributed by atoms with Gasteiger partial charge in [0.15, 0.2) is 5.11 Å². The highest BCUT2D eigenvalue weighted by Gasteiger charge is 2.34. The van der Waals surface area contributed by atoms with Crippen molar-refractivity contribution >= 4 is 62.8 Å². The van der Waals surface area contributed by atoms with Crippen molar-refractivity contribution in [2.45, 2.75) is 20.8 Å². The van der Waals surface area contributed by atoms with Crippen LogP contribution in [0.4, 0.5) is 5.69 Å². The van der Waals surface area contributed by atoms with Crippen LogP contribution in [0.5, 0.6) is 5.75 Å². The van der Waals surface area contributed by atoms with Crippen LogP contribution < -0.4 is 15.0 Å². The first-order chi connectivity index (χ1) is 16.2.